The first-order valence-corrected chi connectivity index (χ1v) is 11.1. The molecule has 0 bridgehead atoms. The second-order valence-corrected chi connectivity index (χ2v) is 8.84. The van der Waals surface area contributed by atoms with Crippen molar-refractivity contribution in [3.8, 4) is 0 Å². The van der Waals surface area contributed by atoms with Gasteiger partial charge in [-0.2, -0.15) is 0 Å². The van der Waals surface area contributed by atoms with Crippen LogP contribution in [0.3, 0.4) is 0 Å². The third-order valence-electron chi connectivity index (χ3n) is 3.93. The fraction of sp³-hybridized carbons (Fsp3) is 0.200. The summed E-state index contributed by atoms with van der Waals surface area (Å²) >= 11 is 10.9. The Morgan fingerprint density at radius 3 is 2.34 bits per heavy atom. The van der Waals surface area contributed by atoms with E-state index < -0.39 is 15.9 Å². The highest BCUT2D eigenvalue weighted by Crippen LogP contribution is 2.15. The lowest BCUT2D eigenvalue weighted by Gasteiger charge is -2.13. The van der Waals surface area contributed by atoms with Crippen LogP contribution in [0.25, 0.3) is 6.08 Å². The van der Waals surface area contributed by atoms with Crippen molar-refractivity contribution in [2.45, 2.75) is 31.2 Å². The minimum Gasteiger partial charge on any atom is -0.332 e. The Morgan fingerprint density at radius 2 is 1.76 bits per heavy atom. The molecule has 2 aromatic carbocycles. The molecule has 0 aliphatic heterocycles. The summed E-state index contributed by atoms with van der Waals surface area (Å²) < 4.78 is 27.1. The first-order valence-electron chi connectivity index (χ1n) is 8.87. The van der Waals surface area contributed by atoms with E-state index in [1.807, 2.05) is 6.92 Å². The normalized spacial score (nSPS) is 12.5. The van der Waals surface area contributed by atoms with Gasteiger partial charge in [-0.05, 0) is 73.6 Å². The van der Waals surface area contributed by atoms with Gasteiger partial charge in [0.2, 0.25) is 15.9 Å². The van der Waals surface area contributed by atoms with Gasteiger partial charge in [0.15, 0.2) is 5.11 Å². The van der Waals surface area contributed by atoms with E-state index in [0.29, 0.717) is 17.1 Å². The monoisotopic (exact) mass is 451 g/mol. The van der Waals surface area contributed by atoms with Crippen LogP contribution >= 0.6 is 23.8 Å². The van der Waals surface area contributed by atoms with Crippen LogP contribution in [-0.4, -0.2) is 25.5 Å². The summed E-state index contributed by atoms with van der Waals surface area (Å²) in [6.45, 7) is 3.70. The average molecular weight is 452 g/mol. The number of hydrogen-bond donors (Lipinski definition) is 3. The van der Waals surface area contributed by atoms with Crippen LogP contribution in [0.4, 0.5) is 5.69 Å². The number of benzene rings is 2. The zero-order valence-electron chi connectivity index (χ0n) is 16.0. The van der Waals surface area contributed by atoms with Gasteiger partial charge >= 0.3 is 0 Å². The number of sulfonamides is 1. The third-order valence-corrected chi connectivity index (χ3v) is 5.99. The number of amides is 1. The molecule has 1 atom stereocenters. The van der Waals surface area contributed by atoms with Crippen LogP contribution in [0.2, 0.25) is 5.02 Å². The quantitative estimate of drug-likeness (QED) is 0.438. The van der Waals surface area contributed by atoms with E-state index in [1.54, 1.807) is 49.4 Å². The van der Waals surface area contributed by atoms with Crippen LogP contribution in [-0.2, 0) is 14.8 Å². The lowest BCUT2D eigenvalue weighted by Crippen LogP contribution is -2.33. The summed E-state index contributed by atoms with van der Waals surface area (Å²) in [6.07, 6.45) is 3.69. The molecule has 0 saturated carbocycles. The van der Waals surface area contributed by atoms with Gasteiger partial charge in [0.1, 0.15) is 0 Å². The molecule has 0 aliphatic carbocycles. The molecule has 0 saturated heterocycles. The smallest absolute Gasteiger partial charge is 0.250 e. The number of hydrogen-bond acceptors (Lipinski definition) is 4. The predicted octanol–water partition coefficient (Wildman–Crippen LogP) is 3.94. The molecule has 2 aromatic rings. The number of halogens is 1. The first kappa shape index (κ1) is 23.0. The summed E-state index contributed by atoms with van der Waals surface area (Å²) in [4.78, 5) is 12.1. The number of carbonyl (C=O) groups excluding carboxylic acids is 1. The Balaban J connectivity index is 1.91. The molecule has 0 aliphatic rings. The highest BCUT2D eigenvalue weighted by molar-refractivity contribution is 7.89. The average Bonchev–Trinajstić information content (AvgIpc) is 2.67. The molecule has 9 heteroatoms. The third kappa shape index (κ3) is 7.58. The van der Waals surface area contributed by atoms with Crippen LogP contribution in [0, 0.1) is 0 Å². The van der Waals surface area contributed by atoms with Crippen molar-refractivity contribution >= 4 is 56.6 Å². The van der Waals surface area contributed by atoms with Crippen LogP contribution < -0.4 is 15.4 Å². The lowest BCUT2D eigenvalue weighted by molar-refractivity contribution is -0.115. The topological polar surface area (TPSA) is 87.3 Å². The molecule has 0 fully saturated rings. The van der Waals surface area contributed by atoms with Gasteiger partial charge in [0.25, 0.3) is 0 Å². The molecule has 1 amide bonds. The van der Waals surface area contributed by atoms with Crippen molar-refractivity contribution in [1.29, 1.82) is 0 Å². The second kappa shape index (κ2) is 10.5. The molecule has 29 heavy (non-hydrogen) atoms. The highest BCUT2D eigenvalue weighted by atomic mass is 35.5. The molecule has 1 unspecified atom stereocenters. The molecule has 0 aromatic heterocycles. The Bertz CT molecular complexity index is 989. The van der Waals surface area contributed by atoms with Crippen molar-refractivity contribution < 1.29 is 13.2 Å². The van der Waals surface area contributed by atoms with Gasteiger partial charge in [-0.3, -0.25) is 10.1 Å². The summed E-state index contributed by atoms with van der Waals surface area (Å²) in [7, 11) is -3.57. The Morgan fingerprint density at radius 1 is 1.14 bits per heavy atom. The van der Waals surface area contributed by atoms with Crippen molar-refractivity contribution in [1.82, 2.24) is 10.0 Å². The maximum Gasteiger partial charge on any atom is 0.250 e. The number of thiocarbonyl (C=S) groups is 1. The molecule has 6 nitrogen and oxygen atoms in total. The number of nitrogens with one attached hydrogen (secondary N) is 3. The Kier molecular flexibility index (Phi) is 8.33. The van der Waals surface area contributed by atoms with Gasteiger partial charge in [0, 0.05) is 22.8 Å². The zero-order valence-corrected chi connectivity index (χ0v) is 18.4. The van der Waals surface area contributed by atoms with Crippen LogP contribution in [0.1, 0.15) is 25.8 Å². The minimum atomic E-state index is -3.57. The zero-order chi connectivity index (χ0) is 21.4. The minimum absolute atomic E-state index is 0.101. The van der Waals surface area contributed by atoms with Crippen molar-refractivity contribution in [3.05, 3.63) is 65.2 Å². The van der Waals surface area contributed by atoms with E-state index in [4.69, 9.17) is 23.8 Å². The van der Waals surface area contributed by atoms with E-state index >= 15 is 0 Å². The Hall–Kier alpha value is -2.26. The van der Waals surface area contributed by atoms with Crippen LogP contribution in [0.15, 0.2) is 59.5 Å². The number of anilines is 1. The largest absolute Gasteiger partial charge is 0.332 e. The number of carbonyl (C=O) groups is 1. The Labute approximate surface area is 181 Å². The molecule has 154 valence electrons. The van der Waals surface area contributed by atoms with Gasteiger partial charge in [0.05, 0.1) is 4.90 Å². The summed E-state index contributed by atoms with van der Waals surface area (Å²) in [5.74, 6) is -0.394. The molecule has 0 radical (unpaired) electrons. The molecule has 0 heterocycles. The predicted molar refractivity (Wildman–Crippen MR) is 121 cm³/mol. The highest BCUT2D eigenvalue weighted by Gasteiger charge is 2.16. The van der Waals surface area contributed by atoms with Crippen LogP contribution in [0.5, 0.6) is 0 Å². The summed E-state index contributed by atoms with van der Waals surface area (Å²) in [5.41, 5.74) is 1.38. The standard InChI is InChI=1S/C20H22ClN3O3S2/c1-3-14(2)24-29(26,27)18-11-9-17(10-12-18)22-20(28)23-19(25)13-6-15-4-7-16(21)8-5-15/h4-14,24H,3H2,1-2H3,(H2,22,23,25,28)/b13-6+. The van der Waals surface area contributed by atoms with Gasteiger partial charge < -0.3 is 5.32 Å². The molecule has 3 N–H and O–H groups in total. The van der Waals surface area contributed by atoms with E-state index in [2.05, 4.69) is 15.4 Å². The maximum atomic E-state index is 12.3. The van der Waals surface area contributed by atoms with Gasteiger partial charge in [-0.25, -0.2) is 13.1 Å². The fourth-order valence-corrected chi connectivity index (χ4v) is 3.87. The molecular weight excluding hydrogens is 430 g/mol. The summed E-state index contributed by atoms with van der Waals surface area (Å²) in [6, 6.07) is 13.0. The van der Waals surface area contributed by atoms with E-state index in [9.17, 15) is 13.2 Å². The number of rotatable bonds is 7. The van der Waals surface area contributed by atoms with Crippen molar-refractivity contribution in [2.24, 2.45) is 0 Å². The van der Waals surface area contributed by atoms with E-state index in [-0.39, 0.29) is 16.0 Å². The molecule has 2 rings (SSSR count). The fourth-order valence-electron chi connectivity index (χ4n) is 2.20. The van der Waals surface area contributed by atoms with Crippen molar-refractivity contribution in [2.75, 3.05) is 5.32 Å². The van der Waals surface area contributed by atoms with Gasteiger partial charge in [-0.1, -0.05) is 30.7 Å². The SMILES string of the molecule is CCC(C)NS(=O)(=O)c1ccc(NC(=S)NC(=O)/C=C/c2ccc(Cl)cc2)cc1. The molecule has 0 spiro atoms. The second-order valence-electron chi connectivity index (χ2n) is 6.28. The van der Waals surface area contributed by atoms with E-state index in [1.165, 1.54) is 18.2 Å². The first-order chi connectivity index (χ1) is 13.7. The van der Waals surface area contributed by atoms with Crippen molar-refractivity contribution in [3.63, 3.8) is 0 Å². The lowest BCUT2D eigenvalue weighted by atomic mass is 10.2. The summed E-state index contributed by atoms with van der Waals surface area (Å²) in [5, 5.41) is 6.09. The van der Waals surface area contributed by atoms with Gasteiger partial charge in [-0.15, -0.1) is 0 Å². The maximum absolute atomic E-state index is 12.3. The molecular formula is C20H22ClN3O3S2. The van der Waals surface area contributed by atoms with E-state index in [0.717, 1.165) is 5.56 Å².